The predicted octanol–water partition coefficient (Wildman–Crippen LogP) is 2.32. The molecule has 2 unspecified atom stereocenters. The van der Waals surface area contributed by atoms with E-state index in [0.29, 0.717) is 24.0 Å². The molecule has 1 N–H and O–H groups in total. The maximum absolute atomic E-state index is 12.5. The molecule has 2 atom stereocenters. The van der Waals surface area contributed by atoms with Crippen LogP contribution >= 0.6 is 0 Å². The molecule has 0 bridgehead atoms. The first kappa shape index (κ1) is 12.3. The molecule has 0 saturated heterocycles. The summed E-state index contributed by atoms with van der Waals surface area (Å²) in [6, 6.07) is 5.46. The molecule has 0 saturated carbocycles. The van der Waals surface area contributed by atoms with E-state index in [9.17, 15) is 14.7 Å². The highest BCUT2D eigenvalue weighted by Gasteiger charge is 2.42. The molecule has 98 valence electrons. The molecular weight excluding hydrogens is 240 g/mol. The highest BCUT2D eigenvalue weighted by molar-refractivity contribution is 6.16. The van der Waals surface area contributed by atoms with E-state index >= 15 is 0 Å². The van der Waals surface area contributed by atoms with Gasteiger partial charge in [0, 0.05) is 23.0 Å². The van der Waals surface area contributed by atoms with E-state index < -0.39 is 0 Å². The number of ketones is 2. The van der Waals surface area contributed by atoms with E-state index in [-0.39, 0.29) is 30.0 Å². The summed E-state index contributed by atoms with van der Waals surface area (Å²) in [5.41, 5.74) is 2.99. The molecule has 0 aromatic heterocycles. The molecular formula is C16H16O3. The van der Waals surface area contributed by atoms with Crippen LogP contribution in [0.15, 0.2) is 29.8 Å². The summed E-state index contributed by atoms with van der Waals surface area (Å²) in [5.74, 6) is -0.387. The third kappa shape index (κ3) is 1.85. The lowest BCUT2D eigenvalue weighted by Crippen LogP contribution is -2.38. The lowest BCUT2D eigenvalue weighted by molar-refractivity contribution is 0.0721. The Kier molecular flexibility index (Phi) is 2.86. The zero-order valence-corrected chi connectivity index (χ0v) is 10.8. The fourth-order valence-corrected chi connectivity index (χ4v) is 3.14. The summed E-state index contributed by atoms with van der Waals surface area (Å²) in [7, 11) is 0. The second-order valence-electron chi connectivity index (χ2n) is 5.45. The van der Waals surface area contributed by atoms with Crippen molar-refractivity contribution < 1.29 is 14.7 Å². The van der Waals surface area contributed by atoms with Crippen molar-refractivity contribution in [1.29, 1.82) is 0 Å². The second kappa shape index (κ2) is 4.42. The molecule has 3 heteroatoms. The third-order valence-corrected chi connectivity index (χ3v) is 4.21. The van der Waals surface area contributed by atoms with Crippen LogP contribution in [0.2, 0.25) is 0 Å². The minimum atomic E-state index is -0.283. The molecule has 0 spiro atoms. The van der Waals surface area contributed by atoms with Gasteiger partial charge in [-0.1, -0.05) is 23.8 Å². The molecule has 2 aliphatic rings. The van der Waals surface area contributed by atoms with Crippen LogP contribution in [0.3, 0.4) is 0 Å². The summed E-state index contributed by atoms with van der Waals surface area (Å²) < 4.78 is 0. The smallest absolute Gasteiger partial charge is 0.167 e. The van der Waals surface area contributed by atoms with E-state index in [0.717, 1.165) is 11.1 Å². The van der Waals surface area contributed by atoms with Crippen molar-refractivity contribution in [2.45, 2.75) is 19.8 Å². The highest BCUT2D eigenvalue weighted by Crippen LogP contribution is 2.39. The number of hydrogen-bond donors (Lipinski definition) is 1. The first-order chi connectivity index (χ1) is 9.11. The van der Waals surface area contributed by atoms with Gasteiger partial charge in [-0.2, -0.15) is 0 Å². The average molecular weight is 256 g/mol. The van der Waals surface area contributed by atoms with Crippen LogP contribution in [0.5, 0.6) is 0 Å². The van der Waals surface area contributed by atoms with Crippen LogP contribution < -0.4 is 0 Å². The van der Waals surface area contributed by atoms with Gasteiger partial charge in [-0.05, 0) is 31.4 Å². The molecule has 0 aliphatic heterocycles. The largest absolute Gasteiger partial charge is 0.392 e. The first-order valence-electron chi connectivity index (χ1n) is 6.59. The van der Waals surface area contributed by atoms with E-state index in [4.69, 9.17) is 0 Å². The van der Waals surface area contributed by atoms with Crippen molar-refractivity contribution in [3.8, 4) is 0 Å². The second-order valence-corrected chi connectivity index (χ2v) is 5.45. The van der Waals surface area contributed by atoms with Crippen LogP contribution in [-0.4, -0.2) is 23.3 Å². The van der Waals surface area contributed by atoms with Gasteiger partial charge in [-0.3, -0.25) is 9.59 Å². The van der Waals surface area contributed by atoms with Crippen LogP contribution in [0.1, 0.15) is 39.1 Å². The fourth-order valence-electron chi connectivity index (χ4n) is 3.14. The monoisotopic (exact) mass is 256 g/mol. The quantitative estimate of drug-likeness (QED) is 0.784. The SMILES string of the molecule is Cc1ccc2c(c1)C(=O)C1CC(CO)=CCC1C2=O. The molecule has 2 aliphatic carbocycles. The van der Waals surface area contributed by atoms with Gasteiger partial charge in [-0.25, -0.2) is 0 Å². The number of aliphatic hydroxyl groups excluding tert-OH is 1. The van der Waals surface area contributed by atoms with Gasteiger partial charge in [0.1, 0.15) is 0 Å². The van der Waals surface area contributed by atoms with Crippen molar-refractivity contribution in [3.63, 3.8) is 0 Å². The minimum absolute atomic E-state index is 0.0225. The molecule has 1 aromatic rings. The van der Waals surface area contributed by atoms with Crippen LogP contribution in [0.4, 0.5) is 0 Å². The molecule has 19 heavy (non-hydrogen) atoms. The van der Waals surface area contributed by atoms with E-state index in [1.165, 1.54) is 0 Å². The average Bonchev–Trinajstić information content (AvgIpc) is 2.44. The number of fused-ring (bicyclic) bond motifs is 2. The van der Waals surface area contributed by atoms with Crippen molar-refractivity contribution in [2.24, 2.45) is 11.8 Å². The number of aryl methyl sites for hydroxylation is 1. The Balaban J connectivity index is 2.07. The predicted molar refractivity (Wildman–Crippen MR) is 71.2 cm³/mol. The number of carbonyl (C=O) groups is 2. The maximum atomic E-state index is 12.5. The zero-order valence-electron chi connectivity index (χ0n) is 10.8. The maximum Gasteiger partial charge on any atom is 0.167 e. The normalized spacial score (nSPS) is 25.7. The molecule has 0 radical (unpaired) electrons. The molecule has 3 nitrogen and oxygen atoms in total. The van der Waals surface area contributed by atoms with Gasteiger partial charge in [-0.15, -0.1) is 0 Å². The van der Waals surface area contributed by atoms with Gasteiger partial charge < -0.3 is 5.11 Å². The standard InChI is InChI=1S/C16H16O3/c1-9-2-4-11-13(6-9)16(19)14-7-10(8-17)3-5-12(14)15(11)18/h2-4,6,12,14,17H,5,7-8H2,1H3. The summed E-state index contributed by atoms with van der Waals surface area (Å²) in [6.07, 6.45) is 2.99. The van der Waals surface area contributed by atoms with Gasteiger partial charge in [0.2, 0.25) is 0 Å². The first-order valence-corrected chi connectivity index (χ1v) is 6.59. The topological polar surface area (TPSA) is 54.4 Å². The van der Waals surface area contributed by atoms with Crippen LogP contribution in [-0.2, 0) is 0 Å². The highest BCUT2D eigenvalue weighted by atomic mass is 16.3. The third-order valence-electron chi connectivity index (χ3n) is 4.21. The van der Waals surface area contributed by atoms with Crippen LogP contribution in [0, 0.1) is 18.8 Å². The minimum Gasteiger partial charge on any atom is -0.392 e. The summed E-state index contributed by atoms with van der Waals surface area (Å²) in [5, 5.41) is 9.21. The Morgan fingerprint density at radius 2 is 1.89 bits per heavy atom. The Bertz CT molecular complexity index is 598. The molecule has 0 heterocycles. The number of carbonyl (C=O) groups excluding carboxylic acids is 2. The van der Waals surface area contributed by atoms with Gasteiger partial charge in [0.25, 0.3) is 0 Å². The van der Waals surface area contributed by atoms with Crippen LogP contribution in [0.25, 0.3) is 0 Å². The van der Waals surface area contributed by atoms with Crippen molar-refractivity contribution in [3.05, 3.63) is 46.5 Å². The Labute approximate surface area is 111 Å². The van der Waals surface area contributed by atoms with E-state index in [1.54, 1.807) is 6.07 Å². The van der Waals surface area contributed by atoms with Gasteiger partial charge in [0.05, 0.1) is 6.61 Å². The Morgan fingerprint density at radius 1 is 1.16 bits per heavy atom. The number of aliphatic hydroxyl groups is 1. The summed E-state index contributed by atoms with van der Waals surface area (Å²) >= 11 is 0. The van der Waals surface area contributed by atoms with Crippen molar-refractivity contribution in [2.75, 3.05) is 6.61 Å². The van der Waals surface area contributed by atoms with E-state index in [1.807, 2.05) is 25.1 Å². The zero-order chi connectivity index (χ0) is 13.6. The Hall–Kier alpha value is -1.74. The number of benzene rings is 1. The number of allylic oxidation sites excluding steroid dienone is 1. The molecule has 0 amide bonds. The number of rotatable bonds is 1. The number of Topliss-reactive ketones (excluding diaryl/α,β-unsaturated/α-hetero) is 2. The van der Waals surface area contributed by atoms with Crippen molar-refractivity contribution in [1.82, 2.24) is 0 Å². The van der Waals surface area contributed by atoms with E-state index in [2.05, 4.69) is 0 Å². The van der Waals surface area contributed by atoms with Gasteiger partial charge >= 0.3 is 0 Å². The lowest BCUT2D eigenvalue weighted by atomic mass is 9.67. The molecule has 1 aromatic carbocycles. The number of hydrogen-bond acceptors (Lipinski definition) is 3. The lowest BCUT2D eigenvalue weighted by Gasteiger charge is -2.33. The Morgan fingerprint density at radius 3 is 2.63 bits per heavy atom. The molecule has 3 rings (SSSR count). The fraction of sp³-hybridized carbons (Fsp3) is 0.375. The summed E-state index contributed by atoms with van der Waals surface area (Å²) in [4.78, 5) is 25.0. The van der Waals surface area contributed by atoms with Crippen molar-refractivity contribution >= 4 is 11.6 Å². The molecule has 0 fully saturated rings. The van der Waals surface area contributed by atoms with Gasteiger partial charge in [0.15, 0.2) is 11.6 Å². The summed E-state index contributed by atoms with van der Waals surface area (Å²) in [6.45, 7) is 1.90.